The van der Waals surface area contributed by atoms with E-state index in [0.29, 0.717) is 5.92 Å². The largest absolute Gasteiger partial charge is 0.377 e. The molecular formula is C15H27ClN2O2. The maximum Gasteiger partial charge on any atom is 0.243 e. The van der Waals surface area contributed by atoms with Gasteiger partial charge in [0.2, 0.25) is 5.91 Å². The van der Waals surface area contributed by atoms with E-state index in [-0.39, 0.29) is 35.8 Å². The number of hydrogen-bond acceptors (Lipinski definition) is 3. The van der Waals surface area contributed by atoms with Crippen LogP contribution in [0.2, 0.25) is 0 Å². The van der Waals surface area contributed by atoms with Crippen LogP contribution in [0.3, 0.4) is 0 Å². The number of halogens is 1. The number of amides is 1. The van der Waals surface area contributed by atoms with Crippen molar-refractivity contribution in [1.82, 2.24) is 4.90 Å². The summed E-state index contributed by atoms with van der Waals surface area (Å²) in [6.45, 7) is 5.85. The van der Waals surface area contributed by atoms with Gasteiger partial charge in [-0.1, -0.05) is 13.8 Å². The molecule has 0 aromatic rings. The van der Waals surface area contributed by atoms with E-state index in [4.69, 9.17) is 10.5 Å². The van der Waals surface area contributed by atoms with Crippen molar-refractivity contribution in [3.63, 3.8) is 0 Å². The van der Waals surface area contributed by atoms with Crippen molar-refractivity contribution in [2.45, 2.75) is 51.2 Å². The maximum atomic E-state index is 12.8. The lowest BCUT2D eigenvalue weighted by molar-refractivity contribution is -0.229. The van der Waals surface area contributed by atoms with Gasteiger partial charge in [0, 0.05) is 31.5 Å². The Labute approximate surface area is 127 Å². The molecule has 0 radical (unpaired) electrons. The monoisotopic (exact) mass is 302 g/mol. The van der Waals surface area contributed by atoms with Gasteiger partial charge in [0.05, 0.1) is 6.10 Å². The molecule has 2 saturated carbocycles. The van der Waals surface area contributed by atoms with Crippen molar-refractivity contribution in [3.8, 4) is 0 Å². The molecule has 20 heavy (non-hydrogen) atoms. The molecule has 1 saturated heterocycles. The van der Waals surface area contributed by atoms with E-state index >= 15 is 0 Å². The molecule has 0 aromatic heterocycles. The molecule has 0 bridgehead atoms. The Morgan fingerprint density at radius 2 is 2.00 bits per heavy atom. The van der Waals surface area contributed by atoms with E-state index < -0.39 is 5.54 Å². The second-order valence-corrected chi connectivity index (χ2v) is 7.26. The number of ether oxygens (including phenoxy) is 1. The minimum atomic E-state index is -0.734. The zero-order valence-corrected chi connectivity index (χ0v) is 13.5. The van der Waals surface area contributed by atoms with Gasteiger partial charge in [-0.3, -0.25) is 4.79 Å². The second kappa shape index (κ2) is 5.15. The summed E-state index contributed by atoms with van der Waals surface area (Å²) >= 11 is 0. The fourth-order valence-electron chi connectivity index (χ4n) is 4.10. The number of likely N-dealkylation sites (N-methyl/N-ethyl adjacent to an activating group) is 1. The highest BCUT2D eigenvalue weighted by Gasteiger charge is 2.70. The number of carbonyl (C=O) groups is 1. The first-order valence-electron chi connectivity index (χ1n) is 7.55. The maximum absolute atomic E-state index is 12.8. The van der Waals surface area contributed by atoms with Crippen molar-refractivity contribution in [1.29, 1.82) is 0 Å². The van der Waals surface area contributed by atoms with Gasteiger partial charge in [0.1, 0.15) is 5.54 Å². The van der Waals surface area contributed by atoms with Crippen LogP contribution in [-0.4, -0.2) is 42.6 Å². The van der Waals surface area contributed by atoms with E-state index in [0.717, 1.165) is 26.0 Å². The Bertz CT molecular complexity index is 397. The summed E-state index contributed by atoms with van der Waals surface area (Å²) in [5, 5.41) is 0. The number of fused-ring (bicyclic) bond motifs is 1. The van der Waals surface area contributed by atoms with Gasteiger partial charge in [-0.2, -0.15) is 0 Å². The molecule has 116 valence electrons. The highest BCUT2D eigenvalue weighted by Crippen LogP contribution is 2.58. The molecule has 4 nitrogen and oxygen atoms in total. The van der Waals surface area contributed by atoms with Crippen molar-refractivity contribution in [3.05, 3.63) is 0 Å². The van der Waals surface area contributed by atoms with Crippen LogP contribution in [-0.2, 0) is 9.53 Å². The third-order valence-electron chi connectivity index (χ3n) is 5.61. The van der Waals surface area contributed by atoms with E-state index in [1.54, 1.807) is 0 Å². The minimum Gasteiger partial charge on any atom is -0.377 e. The van der Waals surface area contributed by atoms with Crippen molar-refractivity contribution >= 4 is 18.3 Å². The van der Waals surface area contributed by atoms with Gasteiger partial charge in [-0.05, 0) is 31.6 Å². The zero-order valence-electron chi connectivity index (χ0n) is 12.7. The molecule has 1 amide bonds. The van der Waals surface area contributed by atoms with Crippen molar-refractivity contribution in [2.24, 2.45) is 23.0 Å². The average molecular weight is 303 g/mol. The summed E-state index contributed by atoms with van der Waals surface area (Å²) in [4.78, 5) is 14.7. The molecular weight excluding hydrogens is 276 g/mol. The smallest absolute Gasteiger partial charge is 0.243 e. The predicted molar refractivity (Wildman–Crippen MR) is 80.8 cm³/mol. The first-order chi connectivity index (χ1) is 8.89. The van der Waals surface area contributed by atoms with Crippen molar-refractivity contribution < 1.29 is 9.53 Å². The normalized spacial score (nSPS) is 38.2. The summed E-state index contributed by atoms with van der Waals surface area (Å²) in [5.74, 6) is 1.03. The third kappa shape index (κ3) is 2.08. The summed E-state index contributed by atoms with van der Waals surface area (Å²) in [7, 11) is 1.91. The molecule has 3 aliphatic rings. The highest BCUT2D eigenvalue weighted by atomic mass is 35.5. The van der Waals surface area contributed by atoms with E-state index in [1.165, 1.54) is 12.8 Å². The third-order valence-corrected chi connectivity index (χ3v) is 5.61. The van der Waals surface area contributed by atoms with Crippen LogP contribution < -0.4 is 5.73 Å². The fraction of sp³-hybridized carbons (Fsp3) is 0.933. The Morgan fingerprint density at radius 3 is 2.60 bits per heavy atom. The Morgan fingerprint density at radius 1 is 1.35 bits per heavy atom. The van der Waals surface area contributed by atoms with Crippen molar-refractivity contribution in [2.75, 3.05) is 20.2 Å². The zero-order chi connectivity index (χ0) is 13.8. The topological polar surface area (TPSA) is 55.6 Å². The number of nitrogens with zero attached hydrogens (tertiary/aromatic N) is 1. The molecule has 3 rings (SSSR count). The first kappa shape index (κ1) is 16.1. The van der Waals surface area contributed by atoms with Gasteiger partial charge in [-0.25, -0.2) is 0 Å². The fourth-order valence-corrected chi connectivity index (χ4v) is 4.10. The molecule has 3 unspecified atom stereocenters. The molecule has 0 aromatic carbocycles. The van der Waals surface area contributed by atoms with Gasteiger partial charge in [0.25, 0.3) is 0 Å². The van der Waals surface area contributed by atoms with Crippen LogP contribution in [0, 0.1) is 17.3 Å². The van der Waals surface area contributed by atoms with Crippen LogP contribution in [0.15, 0.2) is 0 Å². The van der Waals surface area contributed by atoms with E-state index in [2.05, 4.69) is 13.8 Å². The summed E-state index contributed by atoms with van der Waals surface area (Å²) in [5.41, 5.74) is 5.61. The van der Waals surface area contributed by atoms with Crippen LogP contribution in [0.5, 0.6) is 0 Å². The Hall–Kier alpha value is -0.320. The number of carbonyl (C=O) groups excluding carboxylic acids is 1. The van der Waals surface area contributed by atoms with Gasteiger partial charge in [0.15, 0.2) is 0 Å². The van der Waals surface area contributed by atoms with Crippen LogP contribution in [0.1, 0.15) is 39.5 Å². The summed E-state index contributed by atoms with van der Waals surface area (Å²) in [6, 6.07) is 0. The molecule has 2 aliphatic carbocycles. The Balaban J connectivity index is 0.00000147. The summed E-state index contributed by atoms with van der Waals surface area (Å²) in [6.07, 6.45) is 4.72. The predicted octanol–water partition coefficient (Wildman–Crippen LogP) is 1.81. The molecule has 1 heterocycles. The summed E-state index contributed by atoms with van der Waals surface area (Å²) < 4.78 is 5.86. The van der Waals surface area contributed by atoms with Gasteiger partial charge < -0.3 is 15.4 Å². The molecule has 0 spiro atoms. The number of nitrogens with two attached hydrogens (primary N) is 1. The van der Waals surface area contributed by atoms with E-state index in [1.807, 2.05) is 11.9 Å². The molecule has 5 heteroatoms. The van der Waals surface area contributed by atoms with Gasteiger partial charge >= 0.3 is 0 Å². The number of rotatable bonds is 3. The quantitative estimate of drug-likeness (QED) is 0.865. The lowest BCUT2D eigenvalue weighted by Gasteiger charge is -2.65. The molecule has 2 N–H and O–H groups in total. The van der Waals surface area contributed by atoms with E-state index in [9.17, 15) is 4.79 Å². The number of hydrogen-bond donors (Lipinski definition) is 1. The lowest BCUT2D eigenvalue weighted by atomic mass is 9.46. The van der Waals surface area contributed by atoms with Gasteiger partial charge in [-0.15, -0.1) is 12.4 Å². The lowest BCUT2D eigenvalue weighted by Crippen LogP contribution is -2.82. The standard InChI is InChI=1S/C15H26N2O2.ClH/c1-14(2)12-11(5-4-8-19-12)15(14,16)13(18)17(3)9-10-6-7-10;/h10-12H,4-9,16H2,1-3H3;1H. The first-order valence-corrected chi connectivity index (χ1v) is 7.55. The minimum absolute atomic E-state index is 0. The molecule has 3 fully saturated rings. The van der Waals surface area contributed by atoms with Crippen LogP contribution >= 0.6 is 12.4 Å². The highest BCUT2D eigenvalue weighted by molar-refractivity contribution is 5.89. The molecule has 3 atom stereocenters. The Kier molecular flexibility index (Phi) is 4.13. The van der Waals surface area contributed by atoms with Crippen LogP contribution in [0.25, 0.3) is 0 Å². The molecule has 1 aliphatic heterocycles. The average Bonchev–Trinajstić information content (AvgIpc) is 3.20. The second-order valence-electron chi connectivity index (χ2n) is 7.26. The van der Waals surface area contributed by atoms with Crippen LogP contribution in [0.4, 0.5) is 0 Å². The SMILES string of the molecule is CN(CC1CC1)C(=O)C1(N)C2CCCOC2C1(C)C.Cl.